The summed E-state index contributed by atoms with van der Waals surface area (Å²) in [7, 11) is 0. The van der Waals surface area contributed by atoms with Gasteiger partial charge in [0.25, 0.3) is 0 Å². The molecule has 0 bridgehead atoms. The van der Waals surface area contributed by atoms with Crippen LogP contribution in [0, 0.1) is 10.1 Å². The molecule has 0 saturated carbocycles. The number of hydrogen-bond acceptors (Lipinski definition) is 6. The van der Waals surface area contributed by atoms with Gasteiger partial charge in [-0.2, -0.15) is 0 Å². The molecule has 6 N–H and O–H groups in total. The Morgan fingerprint density at radius 2 is 2.04 bits per heavy atom. The fraction of sp³-hybridized carbons (Fsp3) is 0.417. The number of benzene rings is 1. The van der Waals surface area contributed by atoms with Crippen LogP contribution in [0.5, 0.6) is 0 Å². The molecule has 1 aromatic rings. The quantitative estimate of drug-likeness (QED) is 0.155. The normalized spacial score (nSPS) is 12.7. The van der Waals surface area contributed by atoms with Gasteiger partial charge >= 0.3 is 134 Å². The minimum absolute atomic E-state index is 0.108. The standard InChI is InChI=1S/C12H18AsN3O7/c14-6-2-1-3-10(12(17)18)15-9-5-4-8(13(19,20)21)7-11(9)16(22)23/h4-5,7,10,15H,1-3,6,14H2,(H,17,18)(H2,19,20,21)/t10-/m0/s1. The van der Waals surface area contributed by atoms with Gasteiger partial charge in [0.05, 0.1) is 0 Å². The summed E-state index contributed by atoms with van der Waals surface area (Å²) in [5, 5.41) is 22.8. The molecule has 0 saturated heterocycles. The van der Waals surface area contributed by atoms with Gasteiger partial charge in [0.2, 0.25) is 0 Å². The van der Waals surface area contributed by atoms with Gasteiger partial charge < -0.3 is 0 Å². The van der Waals surface area contributed by atoms with E-state index in [-0.39, 0.29) is 12.1 Å². The molecule has 1 rings (SSSR count). The zero-order valence-corrected chi connectivity index (χ0v) is 14.0. The maximum absolute atomic E-state index is 11.2. The molecule has 0 aliphatic carbocycles. The van der Waals surface area contributed by atoms with E-state index in [9.17, 15) is 18.6 Å². The van der Waals surface area contributed by atoms with Gasteiger partial charge in [0.1, 0.15) is 0 Å². The first kappa shape index (κ1) is 19.2. The fourth-order valence-electron chi connectivity index (χ4n) is 1.91. The number of anilines is 1. The van der Waals surface area contributed by atoms with Crippen LogP contribution in [0.15, 0.2) is 18.2 Å². The van der Waals surface area contributed by atoms with Crippen LogP contribution >= 0.6 is 0 Å². The first-order valence-electron chi connectivity index (χ1n) is 6.70. The van der Waals surface area contributed by atoms with E-state index in [0.29, 0.717) is 19.4 Å². The summed E-state index contributed by atoms with van der Waals surface area (Å²) in [6.07, 6.45) is 1.36. The molecule has 1 aromatic carbocycles. The topological polar surface area (TPSA) is 176 Å². The number of aliphatic carboxylic acids is 1. The van der Waals surface area contributed by atoms with Crippen LogP contribution in [-0.4, -0.2) is 50.9 Å². The Labute approximate surface area is 134 Å². The first-order valence-corrected chi connectivity index (χ1v) is 10.1. The molecule has 11 heteroatoms. The Morgan fingerprint density at radius 1 is 1.39 bits per heavy atom. The third kappa shape index (κ3) is 5.68. The molecule has 0 amide bonds. The summed E-state index contributed by atoms with van der Waals surface area (Å²) in [5.74, 6) is -1.18. The molecule has 0 aromatic heterocycles. The minimum atomic E-state index is -5.28. The number of nitrogens with one attached hydrogen (secondary N) is 1. The summed E-state index contributed by atoms with van der Waals surface area (Å²) in [5.41, 5.74) is 4.64. The summed E-state index contributed by atoms with van der Waals surface area (Å²) in [6.45, 7) is 0.408. The number of nitro benzene ring substituents is 1. The van der Waals surface area contributed by atoms with Gasteiger partial charge in [-0.15, -0.1) is 0 Å². The number of carboxylic acids is 1. The number of hydrogen-bond donors (Lipinski definition) is 5. The molecule has 0 unspecified atom stereocenters. The van der Waals surface area contributed by atoms with E-state index in [0.717, 1.165) is 18.2 Å². The Balaban J connectivity index is 3.08. The SMILES string of the molecule is NCCCC[C@H](Nc1ccc([As](=O)(O)O)cc1[N+](=O)[O-])C(=O)O. The average molecular weight is 391 g/mol. The van der Waals surface area contributed by atoms with Gasteiger partial charge in [-0.25, -0.2) is 0 Å². The van der Waals surface area contributed by atoms with E-state index in [2.05, 4.69) is 5.32 Å². The second-order valence-corrected chi connectivity index (χ2v) is 8.19. The van der Waals surface area contributed by atoms with Crippen molar-refractivity contribution in [2.45, 2.75) is 25.3 Å². The molecule has 0 aliphatic rings. The Hall–Kier alpha value is -1.87. The van der Waals surface area contributed by atoms with Crippen LogP contribution in [0.25, 0.3) is 0 Å². The van der Waals surface area contributed by atoms with Crippen molar-refractivity contribution in [2.75, 3.05) is 11.9 Å². The van der Waals surface area contributed by atoms with E-state index in [1.54, 1.807) is 0 Å². The molecule has 0 radical (unpaired) electrons. The van der Waals surface area contributed by atoms with Crippen molar-refractivity contribution in [2.24, 2.45) is 5.73 Å². The van der Waals surface area contributed by atoms with Gasteiger partial charge in [-0.1, -0.05) is 0 Å². The van der Waals surface area contributed by atoms with E-state index in [1.807, 2.05) is 0 Å². The number of carbonyl (C=O) groups is 1. The van der Waals surface area contributed by atoms with Gasteiger partial charge in [0.15, 0.2) is 0 Å². The van der Waals surface area contributed by atoms with Crippen LogP contribution < -0.4 is 15.4 Å². The molecular formula is C12H18AsN3O7. The monoisotopic (exact) mass is 391 g/mol. The number of nitrogens with two attached hydrogens (primary N) is 1. The third-order valence-electron chi connectivity index (χ3n) is 3.09. The Bertz CT molecular complexity index is 631. The molecule has 0 spiro atoms. The van der Waals surface area contributed by atoms with Gasteiger partial charge in [-0.05, 0) is 0 Å². The van der Waals surface area contributed by atoms with E-state index in [1.165, 1.54) is 0 Å². The summed E-state index contributed by atoms with van der Waals surface area (Å²) in [6, 6.07) is 1.86. The predicted octanol–water partition coefficient (Wildman–Crippen LogP) is -0.850. The number of rotatable bonds is 9. The van der Waals surface area contributed by atoms with E-state index in [4.69, 9.17) is 19.0 Å². The molecule has 0 fully saturated rings. The van der Waals surface area contributed by atoms with Crippen molar-refractivity contribution in [3.05, 3.63) is 28.3 Å². The van der Waals surface area contributed by atoms with Crippen LogP contribution in [0.4, 0.5) is 11.4 Å². The van der Waals surface area contributed by atoms with Crippen molar-refractivity contribution in [1.29, 1.82) is 0 Å². The molecule has 0 heterocycles. The van der Waals surface area contributed by atoms with Crippen molar-refractivity contribution in [3.63, 3.8) is 0 Å². The van der Waals surface area contributed by atoms with Crippen molar-refractivity contribution in [3.8, 4) is 0 Å². The second-order valence-electron chi connectivity index (χ2n) is 4.82. The first-order chi connectivity index (χ1) is 10.7. The number of unbranched alkanes of at least 4 members (excludes halogenated alkanes) is 1. The van der Waals surface area contributed by atoms with E-state index >= 15 is 0 Å². The predicted molar refractivity (Wildman–Crippen MR) is 81.6 cm³/mol. The molecule has 10 nitrogen and oxygen atoms in total. The Kier molecular flexibility index (Phi) is 6.76. The van der Waals surface area contributed by atoms with Crippen LogP contribution in [0.3, 0.4) is 0 Å². The summed E-state index contributed by atoms with van der Waals surface area (Å²) >= 11 is -5.28. The molecular weight excluding hydrogens is 373 g/mol. The number of nitro groups is 1. The summed E-state index contributed by atoms with van der Waals surface area (Å²) in [4.78, 5) is 21.5. The van der Waals surface area contributed by atoms with Crippen LogP contribution in [0.1, 0.15) is 19.3 Å². The molecule has 1 atom stereocenters. The average Bonchev–Trinajstić information content (AvgIpc) is 2.45. The molecule has 23 heavy (non-hydrogen) atoms. The van der Waals surface area contributed by atoms with Crippen LogP contribution in [-0.2, 0) is 8.53 Å². The fourth-order valence-corrected chi connectivity index (χ4v) is 3.09. The summed E-state index contributed by atoms with van der Waals surface area (Å²) < 4.78 is 29.0. The molecule has 0 aliphatic heterocycles. The second kappa shape index (κ2) is 8.11. The zero-order chi connectivity index (χ0) is 17.6. The van der Waals surface area contributed by atoms with Crippen molar-refractivity contribution >= 4 is 35.9 Å². The van der Waals surface area contributed by atoms with Crippen LogP contribution in [0.2, 0.25) is 0 Å². The van der Waals surface area contributed by atoms with Gasteiger partial charge in [0, 0.05) is 0 Å². The Morgan fingerprint density at radius 3 is 2.52 bits per heavy atom. The zero-order valence-electron chi connectivity index (χ0n) is 12.1. The van der Waals surface area contributed by atoms with Crippen molar-refractivity contribution < 1.29 is 26.8 Å². The maximum atomic E-state index is 11.2. The number of nitrogens with zero attached hydrogens (tertiary/aromatic N) is 1. The molecule has 128 valence electrons. The number of carboxylic acid groups (broad SMARTS) is 1. The third-order valence-corrected chi connectivity index (χ3v) is 5.08. The van der Waals surface area contributed by atoms with Gasteiger partial charge in [-0.3, -0.25) is 0 Å². The van der Waals surface area contributed by atoms with E-state index < -0.39 is 41.1 Å². The van der Waals surface area contributed by atoms with Crippen molar-refractivity contribution in [1.82, 2.24) is 0 Å².